The summed E-state index contributed by atoms with van der Waals surface area (Å²) in [5.41, 5.74) is 0. The zero-order valence-corrected chi connectivity index (χ0v) is 12.0. The van der Waals surface area contributed by atoms with Gasteiger partial charge in [-0.2, -0.15) is 0 Å². The maximum atomic E-state index is 12.2. The Morgan fingerprint density at radius 2 is 2.26 bits per heavy atom. The van der Waals surface area contributed by atoms with Gasteiger partial charge in [-0.25, -0.2) is 0 Å². The van der Waals surface area contributed by atoms with Gasteiger partial charge < -0.3 is 9.32 Å². The van der Waals surface area contributed by atoms with Crippen molar-refractivity contribution >= 4 is 5.91 Å². The van der Waals surface area contributed by atoms with Crippen LogP contribution in [-0.4, -0.2) is 42.4 Å². The van der Waals surface area contributed by atoms with E-state index >= 15 is 0 Å². The number of carbonyl (C=O) groups is 1. The lowest BCUT2D eigenvalue weighted by Gasteiger charge is -2.24. The SMILES string of the molecule is CCCN(CC(=O)N(C)Cc1ccco1)CC1CC1. The van der Waals surface area contributed by atoms with Crippen LogP contribution in [0.5, 0.6) is 0 Å². The monoisotopic (exact) mass is 264 g/mol. The summed E-state index contributed by atoms with van der Waals surface area (Å²) in [6, 6.07) is 3.75. The van der Waals surface area contributed by atoms with E-state index in [0.29, 0.717) is 13.1 Å². The molecule has 0 N–H and O–H groups in total. The fourth-order valence-corrected chi connectivity index (χ4v) is 2.25. The van der Waals surface area contributed by atoms with Crippen LogP contribution in [0.1, 0.15) is 31.9 Å². The summed E-state index contributed by atoms with van der Waals surface area (Å²) in [7, 11) is 1.84. The summed E-state index contributed by atoms with van der Waals surface area (Å²) >= 11 is 0. The summed E-state index contributed by atoms with van der Waals surface area (Å²) in [4.78, 5) is 16.2. The Bertz CT molecular complexity index is 385. The Morgan fingerprint density at radius 1 is 1.47 bits per heavy atom. The maximum Gasteiger partial charge on any atom is 0.236 e. The number of hydrogen-bond donors (Lipinski definition) is 0. The van der Waals surface area contributed by atoms with Gasteiger partial charge in [0.25, 0.3) is 0 Å². The average Bonchev–Trinajstić information content (AvgIpc) is 3.03. The molecule has 1 heterocycles. The van der Waals surface area contributed by atoms with Gasteiger partial charge in [0.1, 0.15) is 5.76 Å². The van der Waals surface area contributed by atoms with Gasteiger partial charge in [0.15, 0.2) is 0 Å². The van der Waals surface area contributed by atoms with Crippen molar-refractivity contribution in [1.82, 2.24) is 9.80 Å². The molecular formula is C15H24N2O2. The highest BCUT2D eigenvalue weighted by Crippen LogP contribution is 2.29. The molecule has 2 rings (SSSR count). The minimum atomic E-state index is 0.172. The summed E-state index contributed by atoms with van der Waals surface area (Å²) in [6.07, 6.45) is 5.40. The van der Waals surface area contributed by atoms with Gasteiger partial charge in [-0.1, -0.05) is 6.92 Å². The second-order valence-corrected chi connectivity index (χ2v) is 5.51. The molecule has 0 atom stereocenters. The summed E-state index contributed by atoms with van der Waals surface area (Å²) in [5.74, 6) is 1.83. The minimum Gasteiger partial charge on any atom is -0.467 e. The Hall–Kier alpha value is -1.29. The van der Waals surface area contributed by atoms with Crippen LogP contribution in [0.2, 0.25) is 0 Å². The highest BCUT2D eigenvalue weighted by Gasteiger charge is 2.25. The Balaban J connectivity index is 1.79. The smallest absolute Gasteiger partial charge is 0.236 e. The molecule has 0 bridgehead atoms. The van der Waals surface area contributed by atoms with Crippen LogP contribution in [0.25, 0.3) is 0 Å². The number of carbonyl (C=O) groups excluding carboxylic acids is 1. The van der Waals surface area contributed by atoms with E-state index < -0.39 is 0 Å². The normalized spacial score (nSPS) is 14.9. The molecule has 0 unspecified atom stereocenters. The molecule has 1 aromatic heterocycles. The van der Waals surface area contributed by atoms with Crippen molar-refractivity contribution in [2.24, 2.45) is 5.92 Å². The van der Waals surface area contributed by atoms with E-state index in [9.17, 15) is 4.79 Å². The quantitative estimate of drug-likeness (QED) is 0.723. The van der Waals surface area contributed by atoms with Crippen LogP contribution in [0.4, 0.5) is 0 Å². The van der Waals surface area contributed by atoms with Crippen molar-refractivity contribution < 1.29 is 9.21 Å². The largest absolute Gasteiger partial charge is 0.467 e. The first-order valence-corrected chi connectivity index (χ1v) is 7.17. The minimum absolute atomic E-state index is 0.172. The molecule has 0 aromatic carbocycles. The molecule has 1 fully saturated rings. The van der Waals surface area contributed by atoms with Crippen molar-refractivity contribution in [2.75, 3.05) is 26.7 Å². The van der Waals surface area contributed by atoms with Crippen LogP contribution in [0.15, 0.2) is 22.8 Å². The second kappa shape index (κ2) is 6.75. The predicted octanol–water partition coefficient (Wildman–Crippen LogP) is 2.36. The molecule has 1 aliphatic rings. The van der Waals surface area contributed by atoms with Crippen LogP contribution >= 0.6 is 0 Å². The van der Waals surface area contributed by atoms with Gasteiger partial charge in [-0.15, -0.1) is 0 Å². The summed E-state index contributed by atoms with van der Waals surface area (Å²) < 4.78 is 5.27. The highest BCUT2D eigenvalue weighted by atomic mass is 16.3. The number of rotatable bonds is 8. The van der Waals surface area contributed by atoms with E-state index in [4.69, 9.17) is 4.42 Å². The van der Waals surface area contributed by atoms with Crippen LogP contribution in [-0.2, 0) is 11.3 Å². The van der Waals surface area contributed by atoms with E-state index in [-0.39, 0.29) is 5.91 Å². The first kappa shape index (κ1) is 14.1. The third-order valence-electron chi connectivity index (χ3n) is 3.51. The van der Waals surface area contributed by atoms with Crippen molar-refractivity contribution in [2.45, 2.75) is 32.7 Å². The second-order valence-electron chi connectivity index (χ2n) is 5.51. The van der Waals surface area contributed by atoms with Crippen molar-refractivity contribution in [3.63, 3.8) is 0 Å². The molecule has 0 radical (unpaired) electrons. The molecule has 1 aromatic rings. The molecule has 19 heavy (non-hydrogen) atoms. The van der Waals surface area contributed by atoms with Gasteiger partial charge in [0, 0.05) is 13.6 Å². The van der Waals surface area contributed by atoms with Crippen LogP contribution in [0, 0.1) is 5.92 Å². The fourth-order valence-electron chi connectivity index (χ4n) is 2.25. The lowest BCUT2D eigenvalue weighted by molar-refractivity contribution is -0.131. The molecule has 1 saturated carbocycles. The molecule has 1 aliphatic carbocycles. The molecule has 0 aliphatic heterocycles. The van der Waals surface area contributed by atoms with E-state index in [1.54, 1.807) is 11.2 Å². The highest BCUT2D eigenvalue weighted by molar-refractivity contribution is 5.77. The molecular weight excluding hydrogens is 240 g/mol. The molecule has 4 nitrogen and oxygen atoms in total. The third kappa shape index (κ3) is 4.71. The van der Waals surface area contributed by atoms with E-state index in [1.165, 1.54) is 12.8 Å². The molecule has 0 spiro atoms. The summed E-state index contributed by atoms with van der Waals surface area (Å²) in [5, 5.41) is 0. The Morgan fingerprint density at radius 3 is 2.84 bits per heavy atom. The standard InChI is InChI=1S/C15H24N2O2/c1-3-8-17(10-13-6-7-13)12-15(18)16(2)11-14-5-4-9-19-14/h4-5,9,13H,3,6-8,10-12H2,1-2H3. The van der Waals surface area contributed by atoms with Gasteiger partial charge >= 0.3 is 0 Å². The number of hydrogen-bond acceptors (Lipinski definition) is 3. The molecule has 4 heteroatoms. The molecule has 1 amide bonds. The van der Waals surface area contributed by atoms with Gasteiger partial charge in [-0.05, 0) is 43.9 Å². The Kier molecular flexibility index (Phi) is 5.02. The zero-order chi connectivity index (χ0) is 13.7. The van der Waals surface area contributed by atoms with Crippen molar-refractivity contribution in [1.29, 1.82) is 0 Å². The maximum absolute atomic E-state index is 12.2. The van der Waals surface area contributed by atoms with Crippen molar-refractivity contribution in [3.8, 4) is 0 Å². The Labute approximate surface area is 115 Å². The van der Waals surface area contributed by atoms with Gasteiger partial charge in [-0.3, -0.25) is 9.69 Å². The van der Waals surface area contributed by atoms with E-state index in [2.05, 4.69) is 11.8 Å². The van der Waals surface area contributed by atoms with Crippen LogP contribution in [0.3, 0.4) is 0 Å². The fraction of sp³-hybridized carbons (Fsp3) is 0.667. The predicted molar refractivity (Wildman–Crippen MR) is 74.6 cm³/mol. The average molecular weight is 264 g/mol. The lowest BCUT2D eigenvalue weighted by Crippen LogP contribution is -2.39. The lowest BCUT2D eigenvalue weighted by atomic mass is 10.3. The number of nitrogens with zero attached hydrogens (tertiary/aromatic N) is 2. The molecule has 0 saturated heterocycles. The summed E-state index contributed by atoms with van der Waals surface area (Å²) in [6.45, 7) is 5.33. The number of amides is 1. The number of furan rings is 1. The topological polar surface area (TPSA) is 36.7 Å². The van der Waals surface area contributed by atoms with Gasteiger partial charge in [0.05, 0.1) is 19.4 Å². The van der Waals surface area contributed by atoms with Gasteiger partial charge in [0.2, 0.25) is 5.91 Å². The zero-order valence-electron chi connectivity index (χ0n) is 12.0. The number of likely N-dealkylation sites (N-methyl/N-ethyl adjacent to an activating group) is 1. The first-order valence-electron chi connectivity index (χ1n) is 7.17. The van der Waals surface area contributed by atoms with E-state index in [1.807, 2.05) is 19.2 Å². The van der Waals surface area contributed by atoms with Crippen LogP contribution < -0.4 is 0 Å². The van der Waals surface area contributed by atoms with Crippen molar-refractivity contribution in [3.05, 3.63) is 24.2 Å². The molecule has 106 valence electrons. The van der Waals surface area contributed by atoms with E-state index in [0.717, 1.165) is 31.2 Å². The third-order valence-corrected chi connectivity index (χ3v) is 3.51. The first-order chi connectivity index (χ1) is 9.19.